The molecule has 144 valence electrons. The first kappa shape index (κ1) is 19.1. The van der Waals surface area contributed by atoms with Crippen LogP contribution in [-0.4, -0.2) is 44.4 Å². The highest BCUT2D eigenvalue weighted by Crippen LogP contribution is 2.34. The summed E-state index contributed by atoms with van der Waals surface area (Å²) < 4.78 is 21.3. The molecule has 2 N–H and O–H groups in total. The molecule has 1 aliphatic rings. The Bertz CT molecular complexity index is 814. The number of rotatable bonds is 8. The molecule has 0 saturated carbocycles. The second kappa shape index (κ2) is 8.79. The zero-order valence-electron chi connectivity index (χ0n) is 15.5. The third-order valence-electron chi connectivity index (χ3n) is 4.61. The number of benzene rings is 2. The summed E-state index contributed by atoms with van der Waals surface area (Å²) in [5, 5.41) is 19.8. The number of aliphatic hydroxyl groups excluding tert-OH is 2. The van der Waals surface area contributed by atoms with Gasteiger partial charge in [0.05, 0.1) is 27.4 Å². The lowest BCUT2D eigenvalue weighted by molar-refractivity contribution is 0.174. The molecular weight excluding hydrogens is 348 g/mol. The van der Waals surface area contributed by atoms with E-state index in [9.17, 15) is 10.2 Å². The van der Waals surface area contributed by atoms with Gasteiger partial charge in [0.1, 0.15) is 0 Å². The van der Waals surface area contributed by atoms with Gasteiger partial charge in [-0.3, -0.25) is 0 Å². The smallest absolute Gasteiger partial charge is 0.231 e. The predicted octanol–water partition coefficient (Wildman–Crippen LogP) is 2.66. The molecule has 0 fully saturated rings. The maximum absolute atomic E-state index is 9.89. The molecule has 0 bridgehead atoms. The fraction of sp³-hybridized carbons (Fsp3) is 0.333. The van der Waals surface area contributed by atoms with Crippen molar-refractivity contribution in [3.05, 3.63) is 53.1 Å². The van der Waals surface area contributed by atoms with E-state index in [2.05, 4.69) is 0 Å². The molecule has 0 unspecified atom stereocenters. The molecule has 6 heteroatoms. The van der Waals surface area contributed by atoms with Gasteiger partial charge < -0.3 is 29.2 Å². The summed E-state index contributed by atoms with van der Waals surface area (Å²) in [6, 6.07) is 11.3. The summed E-state index contributed by atoms with van der Waals surface area (Å²) in [4.78, 5) is 0. The Morgan fingerprint density at radius 1 is 1.04 bits per heavy atom. The molecule has 0 aromatic heterocycles. The van der Waals surface area contributed by atoms with Crippen molar-refractivity contribution in [1.82, 2.24) is 0 Å². The van der Waals surface area contributed by atoms with Crippen molar-refractivity contribution in [3.63, 3.8) is 0 Å². The number of ether oxygens (including phenoxy) is 4. The minimum absolute atomic E-state index is 0.0753. The van der Waals surface area contributed by atoms with E-state index in [1.165, 1.54) is 0 Å². The maximum Gasteiger partial charge on any atom is 0.231 e. The number of fused-ring (bicyclic) bond motifs is 1. The van der Waals surface area contributed by atoms with Crippen LogP contribution in [0.1, 0.15) is 11.1 Å². The van der Waals surface area contributed by atoms with E-state index in [0.717, 1.165) is 22.4 Å². The minimum Gasteiger partial charge on any atom is -0.493 e. The van der Waals surface area contributed by atoms with Crippen LogP contribution >= 0.6 is 0 Å². The Balaban J connectivity index is 1.82. The van der Waals surface area contributed by atoms with Gasteiger partial charge in [-0.05, 0) is 47.4 Å². The van der Waals surface area contributed by atoms with Crippen LogP contribution in [0.3, 0.4) is 0 Å². The predicted molar refractivity (Wildman–Crippen MR) is 101 cm³/mol. The molecule has 0 radical (unpaired) electrons. The average molecular weight is 372 g/mol. The fourth-order valence-corrected chi connectivity index (χ4v) is 3.11. The molecule has 0 aliphatic carbocycles. The fourth-order valence-electron chi connectivity index (χ4n) is 3.11. The number of hydrogen-bond donors (Lipinski definition) is 2. The minimum atomic E-state index is -0.219. The summed E-state index contributed by atoms with van der Waals surface area (Å²) in [5.74, 6) is 2.46. The summed E-state index contributed by atoms with van der Waals surface area (Å²) in [7, 11) is 3.16. The van der Waals surface area contributed by atoms with Gasteiger partial charge in [0.25, 0.3) is 0 Å². The third-order valence-corrected chi connectivity index (χ3v) is 4.61. The van der Waals surface area contributed by atoms with Crippen molar-refractivity contribution in [2.24, 2.45) is 5.92 Å². The lowest BCUT2D eigenvalue weighted by Gasteiger charge is -2.18. The van der Waals surface area contributed by atoms with Crippen molar-refractivity contribution >= 4 is 6.08 Å². The van der Waals surface area contributed by atoms with Crippen molar-refractivity contribution < 1.29 is 29.2 Å². The summed E-state index contributed by atoms with van der Waals surface area (Å²) in [5.41, 5.74) is 2.60. The Hall–Kier alpha value is -2.70. The lowest BCUT2D eigenvalue weighted by Crippen LogP contribution is -2.15. The van der Waals surface area contributed by atoms with E-state index in [-0.39, 0.29) is 25.9 Å². The first-order chi connectivity index (χ1) is 13.2. The van der Waals surface area contributed by atoms with Gasteiger partial charge in [-0.25, -0.2) is 0 Å². The second-order valence-corrected chi connectivity index (χ2v) is 6.26. The van der Waals surface area contributed by atoms with Crippen LogP contribution in [0.5, 0.6) is 23.0 Å². The van der Waals surface area contributed by atoms with Crippen LogP contribution in [-0.2, 0) is 6.42 Å². The molecule has 3 rings (SSSR count). The lowest BCUT2D eigenvalue weighted by atomic mass is 9.91. The summed E-state index contributed by atoms with van der Waals surface area (Å²) in [6.07, 6.45) is 2.45. The van der Waals surface area contributed by atoms with Crippen molar-refractivity contribution in [1.29, 1.82) is 0 Å². The van der Waals surface area contributed by atoms with E-state index in [1.807, 2.05) is 42.5 Å². The Labute approximate surface area is 158 Å². The first-order valence-electron chi connectivity index (χ1n) is 8.71. The highest BCUT2D eigenvalue weighted by molar-refractivity contribution is 5.59. The standard InChI is InChI=1S/C21H24O6/c1-24-18-5-3-14(9-20(18)25-2)7-16(11-22)17(12-23)8-15-4-6-19-21(10-15)27-13-26-19/h3-7,9-10,17,22-23H,8,11-13H2,1-2H3/b16-7-/t17-/m0/s1. The molecule has 0 saturated heterocycles. The zero-order valence-corrected chi connectivity index (χ0v) is 15.5. The average Bonchev–Trinajstić information content (AvgIpc) is 3.18. The van der Waals surface area contributed by atoms with E-state index < -0.39 is 0 Å². The summed E-state index contributed by atoms with van der Waals surface area (Å²) >= 11 is 0. The van der Waals surface area contributed by atoms with Gasteiger partial charge >= 0.3 is 0 Å². The highest BCUT2D eigenvalue weighted by atomic mass is 16.7. The van der Waals surface area contributed by atoms with Crippen LogP contribution in [0, 0.1) is 5.92 Å². The van der Waals surface area contributed by atoms with Crippen LogP contribution in [0.4, 0.5) is 0 Å². The molecule has 1 heterocycles. The molecule has 27 heavy (non-hydrogen) atoms. The van der Waals surface area contributed by atoms with Gasteiger partial charge in [0.2, 0.25) is 6.79 Å². The molecule has 2 aromatic rings. The molecule has 2 aromatic carbocycles. The van der Waals surface area contributed by atoms with Crippen LogP contribution in [0.15, 0.2) is 42.0 Å². The van der Waals surface area contributed by atoms with E-state index in [4.69, 9.17) is 18.9 Å². The number of hydrogen-bond acceptors (Lipinski definition) is 6. The van der Waals surface area contributed by atoms with Crippen LogP contribution in [0.2, 0.25) is 0 Å². The van der Waals surface area contributed by atoms with Crippen molar-refractivity contribution in [2.45, 2.75) is 6.42 Å². The largest absolute Gasteiger partial charge is 0.493 e. The molecular formula is C21H24O6. The molecule has 1 atom stereocenters. The van der Waals surface area contributed by atoms with Gasteiger partial charge in [-0.1, -0.05) is 18.2 Å². The maximum atomic E-state index is 9.89. The van der Waals surface area contributed by atoms with Gasteiger partial charge in [-0.2, -0.15) is 0 Å². The second-order valence-electron chi connectivity index (χ2n) is 6.26. The monoisotopic (exact) mass is 372 g/mol. The molecule has 0 spiro atoms. The Kier molecular flexibility index (Phi) is 6.21. The SMILES string of the molecule is COc1ccc(/C=C(/CO)[C@H](CO)Cc2ccc3c(c2)OCO3)cc1OC. The quantitative estimate of drug-likeness (QED) is 0.742. The number of aliphatic hydroxyl groups is 2. The Morgan fingerprint density at radius 3 is 2.52 bits per heavy atom. The van der Waals surface area contributed by atoms with Crippen molar-refractivity contribution in [2.75, 3.05) is 34.2 Å². The number of methoxy groups -OCH3 is 2. The first-order valence-corrected chi connectivity index (χ1v) is 8.71. The summed E-state index contributed by atoms with van der Waals surface area (Å²) in [6.45, 7) is 0.00155. The topological polar surface area (TPSA) is 77.4 Å². The van der Waals surface area contributed by atoms with Crippen molar-refractivity contribution in [3.8, 4) is 23.0 Å². The molecule has 1 aliphatic heterocycles. The Morgan fingerprint density at radius 2 is 1.81 bits per heavy atom. The molecule has 6 nitrogen and oxygen atoms in total. The van der Waals surface area contributed by atoms with E-state index >= 15 is 0 Å². The highest BCUT2D eigenvalue weighted by Gasteiger charge is 2.18. The van der Waals surface area contributed by atoms with Gasteiger partial charge in [0.15, 0.2) is 23.0 Å². The zero-order chi connectivity index (χ0) is 19.2. The molecule has 0 amide bonds. The van der Waals surface area contributed by atoms with Gasteiger partial charge in [-0.15, -0.1) is 0 Å². The van der Waals surface area contributed by atoms with Gasteiger partial charge in [0, 0.05) is 5.92 Å². The third kappa shape index (κ3) is 4.35. The van der Waals surface area contributed by atoms with Crippen LogP contribution < -0.4 is 18.9 Å². The normalized spacial score (nSPS) is 14.1. The van der Waals surface area contributed by atoms with Crippen LogP contribution in [0.25, 0.3) is 6.08 Å². The van der Waals surface area contributed by atoms with E-state index in [1.54, 1.807) is 14.2 Å². The van der Waals surface area contributed by atoms with E-state index in [0.29, 0.717) is 23.7 Å².